The number of carbonyl (C=O) groups excluding carboxylic acids is 1. The molecule has 6 rings (SSSR count). The predicted molar refractivity (Wildman–Crippen MR) is 113 cm³/mol. The molecule has 0 aromatic carbocycles. The van der Waals surface area contributed by atoms with Crippen molar-refractivity contribution in [2.75, 3.05) is 39.3 Å². The first kappa shape index (κ1) is 18.1. The van der Waals surface area contributed by atoms with Gasteiger partial charge in [-0.1, -0.05) is 11.8 Å². The Morgan fingerprint density at radius 1 is 1.21 bits per heavy atom. The number of hydrogen-bond acceptors (Lipinski definition) is 5. The zero-order valence-electron chi connectivity index (χ0n) is 16.1. The summed E-state index contributed by atoms with van der Waals surface area (Å²) in [6.07, 6.45) is 6.79. The summed E-state index contributed by atoms with van der Waals surface area (Å²) >= 11 is 1.65. The zero-order chi connectivity index (χ0) is 18.9. The number of fused-ring (bicyclic) bond motifs is 4. The van der Waals surface area contributed by atoms with Crippen molar-refractivity contribution >= 4 is 27.3 Å². The second-order valence-corrected chi connectivity index (χ2v) is 9.30. The van der Waals surface area contributed by atoms with Crippen LogP contribution in [0.5, 0.6) is 0 Å². The summed E-state index contributed by atoms with van der Waals surface area (Å²) in [4.78, 5) is 23.1. The van der Waals surface area contributed by atoms with Crippen LogP contribution in [-0.2, 0) is 0 Å². The number of piperidine rings is 3. The number of aromatic nitrogens is 1. The Morgan fingerprint density at radius 2 is 2.04 bits per heavy atom. The third-order valence-corrected chi connectivity index (χ3v) is 7.32. The van der Waals surface area contributed by atoms with Crippen LogP contribution in [0.4, 0.5) is 0 Å². The molecule has 4 aliphatic rings. The molecular weight excluding hydrogens is 368 g/mol. The maximum Gasteiger partial charge on any atom is 0.270 e. The van der Waals surface area contributed by atoms with Crippen molar-refractivity contribution in [3.8, 4) is 11.8 Å². The molecule has 2 aromatic rings. The summed E-state index contributed by atoms with van der Waals surface area (Å²) in [6.45, 7) is 6.52. The van der Waals surface area contributed by atoms with Gasteiger partial charge in [0.15, 0.2) is 0 Å². The standard InChI is InChI=1S/C22H26N4OS/c27-22(24-20-15-26-10-5-16(20)6-11-26)19-13-17-12-18(28-21(17)14-23-19)4-3-9-25-7-1-2-8-25/h12-14,16,20H,1-2,5-11,15H2,(H,24,27)/t20-/m0/s1. The van der Waals surface area contributed by atoms with Crippen LogP contribution in [0.15, 0.2) is 18.3 Å². The van der Waals surface area contributed by atoms with E-state index in [4.69, 9.17) is 0 Å². The lowest BCUT2D eigenvalue weighted by atomic mass is 9.84. The largest absolute Gasteiger partial charge is 0.346 e. The Bertz CT molecular complexity index is 929. The van der Waals surface area contributed by atoms with Crippen LogP contribution in [0.3, 0.4) is 0 Å². The average Bonchev–Trinajstić information content (AvgIpc) is 3.37. The SMILES string of the molecule is O=C(N[C@H]1CN2CCC1CC2)c1cc2cc(C#CCN3CCCC3)sc2cn1. The van der Waals surface area contributed by atoms with Crippen LogP contribution in [0.2, 0.25) is 0 Å². The molecule has 0 saturated carbocycles. The highest BCUT2D eigenvalue weighted by Crippen LogP contribution is 2.28. The fraction of sp³-hybridized carbons (Fsp3) is 0.545. The van der Waals surface area contributed by atoms with E-state index in [1.807, 2.05) is 12.3 Å². The average molecular weight is 395 g/mol. The Morgan fingerprint density at radius 3 is 2.79 bits per heavy atom. The lowest BCUT2D eigenvalue weighted by Gasteiger charge is -2.44. The van der Waals surface area contributed by atoms with Gasteiger partial charge in [0.2, 0.25) is 0 Å². The number of pyridine rings is 1. The molecule has 0 unspecified atom stereocenters. The maximum atomic E-state index is 12.7. The number of rotatable bonds is 3. The molecule has 1 atom stereocenters. The second kappa shape index (κ2) is 7.82. The first-order valence-corrected chi connectivity index (χ1v) is 11.2. The van der Waals surface area contributed by atoms with Gasteiger partial charge in [0.05, 0.1) is 16.1 Å². The molecule has 4 aliphatic heterocycles. The van der Waals surface area contributed by atoms with E-state index >= 15 is 0 Å². The zero-order valence-corrected chi connectivity index (χ0v) is 16.9. The summed E-state index contributed by atoms with van der Waals surface area (Å²) in [7, 11) is 0. The minimum atomic E-state index is -0.0477. The number of thiophene rings is 1. The maximum absolute atomic E-state index is 12.7. The second-order valence-electron chi connectivity index (χ2n) is 8.22. The Kier molecular flexibility index (Phi) is 5.06. The van der Waals surface area contributed by atoms with Crippen LogP contribution in [0.1, 0.15) is 41.0 Å². The number of carbonyl (C=O) groups is 1. The fourth-order valence-electron chi connectivity index (χ4n) is 4.68. The topological polar surface area (TPSA) is 48.5 Å². The Hall–Kier alpha value is -1.94. The van der Waals surface area contributed by atoms with Gasteiger partial charge in [-0.25, -0.2) is 4.98 Å². The molecule has 4 saturated heterocycles. The van der Waals surface area contributed by atoms with Crippen LogP contribution in [0.25, 0.3) is 10.1 Å². The molecule has 2 aromatic heterocycles. The number of nitrogens with zero attached hydrogens (tertiary/aromatic N) is 3. The predicted octanol–water partition coefficient (Wildman–Crippen LogP) is 2.57. The van der Waals surface area contributed by atoms with Crippen LogP contribution < -0.4 is 5.32 Å². The van der Waals surface area contributed by atoms with E-state index in [0.717, 1.165) is 28.1 Å². The van der Waals surface area contributed by atoms with Crippen molar-refractivity contribution in [2.45, 2.75) is 31.7 Å². The fourth-order valence-corrected chi connectivity index (χ4v) is 5.57. The summed E-state index contributed by atoms with van der Waals surface area (Å²) in [5, 5.41) is 4.29. The molecule has 1 amide bonds. The monoisotopic (exact) mass is 394 g/mol. The van der Waals surface area contributed by atoms with Crippen molar-refractivity contribution in [1.82, 2.24) is 20.1 Å². The molecule has 0 aliphatic carbocycles. The lowest BCUT2D eigenvalue weighted by Crippen LogP contribution is -2.57. The van der Waals surface area contributed by atoms with E-state index in [0.29, 0.717) is 11.6 Å². The quantitative estimate of drug-likeness (QED) is 0.813. The summed E-state index contributed by atoms with van der Waals surface area (Å²) in [5.74, 6) is 7.15. The van der Waals surface area contributed by atoms with Gasteiger partial charge in [-0.3, -0.25) is 9.69 Å². The highest BCUT2D eigenvalue weighted by Gasteiger charge is 2.35. The van der Waals surface area contributed by atoms with E-state index in [2.05, 4.69) is 38.0 Å². The van der Waals surface area contributed by atoms with Gasteiger partial charge >= 0.3 is 0 Å². The molecule has 0 radical (unpaired) electrons. The third-order valence-electron chi connectivity index (χ3n) is 6.32. The van der Waals surface area contributed by atoms with Gasteiger partial charge in [-0.2, -0.15) is 0 Å². The van der Waals surface area contributed by atoms with Crippen molar-refractivity contribution in [1.29, 1.82) is 0 Å². The van der Waals surface area contributed by atoms with E-state index in [1.165, 1.54) is 51.9 Å². The van der Waals surface area contributed by atoms with Gasteiger partial charge < -0.3 is 10.2 Å². The molecule has 0 spiro atoms. The normalized spacial score (nSPS) is 26.9. The summed E-state index contributed by atoms with van der Waals surface area (Å²) in [6, 6.07) is 4.26. The molecule has 146 valence electrons. The first-order chi connectivity index (χ1) is 13.7. The smallest absolute Gasteiger partial charge is 0.270 e. The number of nitrogens with one attached hydrogen (secondary N) is 1. The van der Waals surface area contributed by atoms with E-state index < -0.39 is 0 Å². The molecule has 2 bridgehead atoms. The number of likely N-dealkylation sites (tertiary alicyclic amines) is 1. The number of amides is 1. The van der Waals surface area contributed by atoms with Gasteiger partial charge in [0.25, 0.3) is 5.91 Å². The van der Waals surface area contributed by atoms with Gasteiger partial charge in [0.1, 0.15) is 5.69 Å². The Balaban J connectivity index is 1.26. The van der Waals surface area contributed by atoms with Crippen molar-refractivity contribution in [2.24, 2.45) is 5.92 Å². The molecule has 6 heteroatoms. The highest BCUT2D eigenvalue weighted by molar-refractivity contribution is 7.19. The third kappa shape index (κ3) is 3.80. The molecule has 5 nitrogen and oxygen atoms in total. The van der Waals surface area contributed by atoms with E-state index in [-0.39, 0.29) is 11.9 Å². The molecule has 4 fully saturated rings. The van der Waals surface area contributed by atoms with E-state index in [9.17, 15) is 4.79 Å². The lowest BCUT2D eigenvalue weighted by molar-refractivity contribution is 0.0618. The molecule has 6 heterocycles. The van der Waals surface area contributed by atoms with Crippen molar-refractivity contribution in [3.63, 3.8) is 0 Å². The summed E-state index contributed by atoms with van der Waals surface area (Å²) < 4.78 is 1.09. The van der Waals surface area contributed by atoms with Gasteiger partial charge in [0, 0.05) is 18.8 Å². The molecule has 1 N–H and O–H groups in total. The van der Waals surface area contributed by atoms with Crippen LogP contribution in [0, 0.1) is 17.8 Å². The van der Waals surface area contributed by atoms with Gasteiger partial charge in [-0.05, 0) is 75.3 Å². The Labute approximate surface area is 170 Å². The molecule has 28 heavy (non-hydrogen) atoms. The van der Waals surface area contributed by atoms with Crippen molar-refractivity contribution < 1.29 is 4.79 Å². The summed E-state index contributed by atoms with van der Waals surface area (Å²) in [5.41, 5.74) is 0.512. The number of hydrogen-bond donors (Lipinski definition) is 1. The van der Waals surface area contributed by atoms with Crippen LogP contribution in [-0.4, -0.2) is 66.0 Å². The van der Waals surface area contributed by atoms with E-state index in [1.54, 1.807) is 11.3 Å². The highest BCUT2D eigenvalue weighted by atomic mass is 32.1. The van der Waals surface area contributed by atoms with Gasteiger partial charge in [-0.15, -0.1) is 11.3 Å². The minimum Gasteiger partial charge on any atom is -0.346 e. The van der Waals surface area contributed by atoms with Crippen LogP contribution >= 0.6 is 11.3 Å². The first-order valence-electron chi connectivity index (χ1n) is 10.4. The van der Waals surface area contributed by atoms with Crippen molar-refractivity contribution in [3.05, 3.63) is 28.9 Å². The minimum absolute atomic E-state index is 0.0477. The molecular formula is C22H26N4OS.